The molecule has 0 amide bonds. The van der Waals surface area contributed by atoms with Crippen LogP contribution in [0, 0.1) is 0 Å². The van der Waals surface area contributed by atoms with E-state index in [1.165, 1.54) is 0 Å². The summed E-state index contributed by atoms with van der Waals surface area (Å²) in [5.74, 6) is 1.37. The molecule has 2 N–H and O–H groups in total. The van der Waals surface area contributed by atoms with Gasteiger partial charge < -0.3 is 15.5 Å². The molecular formula is C12H17N5S. The number of aromatic nitrogens is 2. The first kappa shape index (κ1) is 11.7. The molecule has 1 fully saturated rings. The highest BCUT2D eigenvalue weighted by atomic mass is 32.1. The van der Waals surface area contributed by atoms with Crippen molar-refractivity contribution in [2.75, 3.05) is 43.4 Å². The molecule has 6 heteroatoms. The summed E-state index contributed by atoms with van der Waals surface area (Å²) in [5.41, 5.74) is 5.79. The van der Waals surface area contributed by atoms with E-state index in [9.17, 15) is 0 Å². The first-order valence-electron chi connectivity index (χ1n) is 6.26. The highest BCUT2D eigenvalue weighted by Gasteiger charge is 2.19. The maximum Gasteiger partial charge on any atom is 0.223 e. The molecule has 0 saturated carbocycles. The van der Waals surface area contributed by atoms with Crippen LogP contribution in [0.15, 0.2) is 11.4 Å². The molecule has 3 heterocycles. The first-order chi connectivity index (χ1) is 8.78. The summed E-state index contributed by atoms with van der Waals surface area (Å²) in [7, 11) is 0. The molecule has 1 saturated heterocycles. The minimum absolute atomic E-state index is 0.373. The molecule has 1 aliphatic rings. The SMILES string of the molecule is CCN1CCN(c2nc(N)nc3sccc23)CC1. The molecule has 3 rings (SSSR count). The third kappa shape index (κ3) is 2.02. The van der Waals surface area contributed by atoms with Crippen molar-refractivity contribution < 1.29 is 0 Å². The quantitative estimate of drug-likeness (QED) is 0.888. The van der Waals surface area contributed by atoms with Gasteiger partial charge in [0.05, 0.1) is 5.39 Å². The van der Waals surface area contributed by atoms with E-state index >= 15 is 0 Å². The summed E-state index contributed by atoms with van der Waals surface area (Å²) in [6, 6.07) is 2.08. The monoisotopic (exact) mass is 263 g/mol. The lowest BCUT2D eigenvalue weighted by atomic mass is 10.3. The first-order valence-corrected chi connectivity index (χ1v) is 7.14. The highest BCUT2D eigenvalue weighted by molar-refractivity contribution is 7.16. The van der Waals surface area contributed by atoms with Crippen molar-refractivity contribution in [2.24, 2.45) is 0 Å². The molecule has 2 aromatic heterocycles. The van der Waals surface area contributed by atoms with E-state index in [1.54, 1.807) is 11.3 Å². The molecule has 0 aliphatic carbocycles. The zero-order chi connectivity index (χ0) is 12.5. The predicted octanol–water partition coefficient (Wildman–Crippen LogP) is 1.42. The Kier molecular flexibility index (Phi) is 3.05. The molecule has 18 heavy (non-hydrogen) atoms. The fourth-order valence-corrected chi connectivity index (χ4v) is 3.14. The lowest BCUT2D eigenvalue weighted by Gasteiger charge is -2.35. The molecule has 0 atom stereocenters. The summed E-state index contributed by atoms with van der Waals surface area (Å²) < 4.78 is 0. The second-order valence-corrected chi connectivity index (χ2v) is 5.36. The van der Waals surface area contributed by atoms with Crippen LogP contribution in [0.2, 0.25) is 0 Å². The Morgan fingerprint density at radius 2 is 2.06 bits per heavy atom. The molecule has 0 aromatic carbocycles. The van der Waals surface area contributed by atoms with Gasteiger partial charge in [0.25, 0.3) is 0 Å². The van der Waals surface area contributed by atoms with Crippen molar-refractivity contribution in [3.05, 3.63) is 11.4 Å². The Bertz CT molecular complexity index is 544. The topological polar surface area (TPSA) is 58.3 Å². The molecule has 2 aromatic rings. The number of rotatable bonds is 2. The van der Waals surface area contributed by atoms with Gasteiger partial charge >= 0.3 is 0 Å². The molecule has 1 aliphatic heterocycles. The Labute approximate surface area is 110 Å². The van der Waals surface area contributed by atoms with Gasteiger partial charge in [0.1, 0.15) is 10.6 Å². The van der Waals surface area contributed by atoms with Crippen molar-refractivity contribution >= 4 is 33.3 Å². The van der Waals surface area contributed by atoms with Crippen LogP contribution in [-0.2, 0) is 0 Å². The van der Waals surface area contributed by atoms with Crippen LogP contribution in [0.5, 0.6) is 0 Å². The number of fused-ring (bicyclic) bond motifs is 1. The summed E-state index contributed by atoms with van der Waals surface area (Å²) in [4.78, 5) is 14.5. The van der Waals surface area contributed by atoms with Crippen LogP contribution in [0.3, 0.4) is 0 Å². The number of nitrogens with two attached hydrogens (primary N) is 1. The second kappa shape index (κ2) is 4.70. The fourth-order valence-electron chi connectivity index (χ4n) is 2.37. The largest absolute Gasteiger partial charge is 0.368 e. The number of likely N-dealkylation sites (N-methyl/N-ethyl adjacent to an activating group) is 1. The number of anilines is 2. The maximum absolute atomic E-state index is 5.79. The van der Waals surface area contributed by atoms with Gasteiger partial charge in [-0.2, -0.15) is 4.98 Å². The highest BCUT2D eigenvalue weighted by Crippen LogP contribution is 2.28. The van der Waals surface area contributed by atoms with Gasteiger partial charge in [-0.25, -0.2) is 4.98 Å². The molecule has 0 bridgehead atoms. The Balaban J connectivity index is 1.92. The summed E-state index contributed by atoms with van der Waals surface area (Å²) >= 11 is 1.62. The molecular weight excluding hydrogens is 246 g/mol. The third-order valence-corrected chi connectivity index (χ3v) is 4.25. The van der Waals surface area contributed by atoms with Gasteiger partial charge in [-0.15, -0.1) is 11.3 Å². The zero-order valence-electron chi connectivity index (χ0n) is 10.5. The molecule has 0 radical (unpaired) electrons. The van der Waals surface area contributed by atoms with Crippen molar-refractivity contribution in [1.29, 1.82) is 0 Å². The predicted molar refractivity (Wildman–Crippen MR) is 76.2 cm³/mol. The molecule has 0 spiro atoms. The second-order valence-electron chi connectivity index (χ2n) is 4.47. The van der Waals surface area contributed by atoms with Crippen molar-refractivity contribution in [3.8, 4) is 0 Å². The fraction of sp³-hybridized carbons (Fsp3) is 0.500. The smallest absolute Gasteiger partial charge is 0.223 e. The van der Waals surface area contributed by atoms with Crippen molar-refractivity contribution in [1.82, 2.24) is 14.9 Å². The zero-order valence-corrected chi connectivity index (χ0v) is 11.3. The summed E-state index contributed by atoms with van der Waals surface area (Å²) in [6.45, 7) is 7.52. The maximum atomic E-state index is 5.79. The van der Waals surface area contributed by atoms with Crippen molar-refractivity contribution in [3.63, 3.8) is 0 Å². The van der Waals surface area contributed by atoms with E-state index in [0.717, 1.165) is 48.8 Å². The van der Waals surface area contributed by atoms with Gasteiger partial charge in [0, 0.05) is 26.2 Å². The number of hydrogen-bond donors (Lipinski definition) is 1. The Hall–Kier alpha value is -1.40. The van der Waals surface area contributed by atoms with Crippen LogP contribution in [0.1, 0.15) is 6.92 Å². The lowest BCUT2D eigenvalue weighted by molar-refractivity contribution is 0.271. The number of nitrogens with zero attached hydrogens (tertiary/aromatic N) is 4. The summed E-state index contributed by atoms with van der Waals surface area (Å²) in [6.07, 6.45) is 0. The minimum atomic E-state index is 0.373. The van der Waals surface area contributed by atoms with E-state index in [1.807, 2.05) is 5.38 Å². The summed E-state index contributed by atoms with van der Waals surface area (Å²) in [5, 5.41) is 3.17. The van der Waals surface area contributed by atoms with Crippen LogP contribution < -0.4 is 10.6 Å². The van der Waals surface area contributed by atoms with E-state index < -0.39 is 0 Å². The number of nitrogen functional groups attached to an aromatic ring is 1. The van der Waals surface area contributed by atoms with Crippen LogP contribution in [0.25, 0.3) is 10.2 Å². The minimum Gasteiger partial charge on any atom is -0.368 e. The molecule has 96 valence electrons. The third-order valence-electron chi connectivity index (χ3n) is 3.44. The van der Waals surface area contributed by atoms with Gasteiger partial charge in [0.2, 0.25) is 5.95 Å². The van der Waals surface area contributed by atoms with Gasteiger partial charge in [-0.1, -0.05) is 6.92 Å². The Morgan fingerprint density at radius 1 is 1.28 bits per heavy atom. The number of piperazine rings is 1. The number of thiophene rings is 1. The normalized spacial score (nSPS) is 17.5. The van der Waals surface area contributed by atoms with Crippen LogP contribution >= 0.6 is 11.3 Å². The standard InChI is InChI=1S/C12H17N5S/c1-2-16-4-6-17(7-5-16)10-9-3-8-18-11(9)15-12(13)14-10/h3,8H,2,4-7H2,1H3,(H2,13,14,15). The van der Waals surface area contributed by atoms with Gasteiger partial charge in [0.15, 0.2) is 0 Å². The van der Waals surface area contributed by atoms with E-state index in [-0.39, 0.29) is 0 Å². The van der Waals surface area contributed by atoms with Crippen molar-refractivity contribution in [2.45, 2.75) is 6.92 Å². The lowest BCUT2D eigenvalue weighted by Crippen LogP contribution is -2.46. The van der Waals surface area contributed by atoms with Crippen LogP contribution in [-0.4, -0.2) is 47.6 Å². The van der Waals surface area contributed by atoms with E-state index in [2.05, 4.69) is 32.8 Å². The van der Waals surface area contributed by atoms with Gasteiger partial charge in [-0.3, -0.25) is 0 Å². The molecule has 0 unspecified atom stereocenters. The average molecular weight is 263 g/mol. The van der Waals surface area contributed by atoms with Gasteiger partial charge in [-0.05, 0) is 18.0 Å². The number of hydrogen-bond acceptors (Lipinski definition) is 6. The van der Waals surface area contributed by atoms with Crippen LogP contribution in [0.4, 0.5) is 11.8 Å². The Morgan fingerprint density at radius 3 is 2.78 bits per heavy atom. The van der Waals surface area contributed by atoms with E-state index in [4.69, 9.17) is 5.73 Å². The average Bonchev–Trinajstić information content (AvgIpc) is 2.86. The van der Waals surface area contributed by atoms with E-state index in [0.29, 0.717) is 5.95 Å². The molecule has 5 nitrogen and oxygen atoms in total.